The van der Waals surface area contributed by atoms with E-state index < -0.39 is 0 Å². The minimum Gasteiger partial charge on any atom is -0.471 e. The number of ether oxygens (including phenoxy) is 2. The molecule has 10 heteroatoms. The Morgan fingerprint density at radius 1 is 1.27 bits per heavy atom. The van der Waals surface area contributed by atoms with Gasteiger partial charge in [0.25, 0.3) is 5.91 Å². The Balaban J connectivity index is 1.52. The van der Waals surface area contributed by atoms with Gasteiger partial charge in [0.2, 0.25) is 5.88 Å². The second-order valence-electron chi connectivity index (χ2n) is 6.78. The van der Waals surface area contributed by atoms with Gasteiger partial charge in [-0.05, 0) is 24.3 Å². The molecular formula is C20H21FN4O5. The first-order valence-corrected chi connectivity index (χ1v) is 9.45. The Kier molecular flexibility index (Phi) is 5.77. The number of aryl methyl sites for hydroxylation is 1. The molecule has 4 rings (SSSR count). The molecule has 3 heterocycles. The Morgan fingerprint density at radius 3 is 2.70 bits per heavy atom. The van der Waals surface area contributed by atoms with Crippen LogP contribution >= 0.6 is 0 Å². The van der Waals surface area contributed by atoms with E-state index >= 15 is 0 Å². The van der Waals surface area contributed by atoms with Crippen molar-refractivity contribution in [2.75, 3.05) is 26.3 Å². The van der Waals surface area contributed by atoms with Gasteiger partial charge in [0.15, 0.2) is 5.76 Å². The molecule has 0 atom stereocenters. The fourth-order valence-electron chi connectivity index (χ4n) is 3.24. The van der Waals surface area contributed by atoms with Crippen molar-refractivity contribution in [2.24, 2.45) is 7.05 Å². The third-order valence-electron chi connectivity index (χ3n) is 4.87. The predicted molar refractivity (Wildman–Crippen MR) is 102 cm³/mol. The van der Waals surface area contributed by atoms with Crippen LogP contribution in [0.4, 0.5) is 4.39 Å². The third-order valence-corrected chi connectivity index (χ3v) is 4.87. The van der Waals surface area contributed by atoms with E-state index in [0.29, 0.717) is 48.8 Å². The number of aromatic nitrogens is 3. The summed E-state index contributed by atoms with van der Waals surface area (Å²) in [5.41, 5.74) is 2.00. The van der Waals surface area contributed by atoms with Crippen LogP contribution < -0.4 is 4.74 Å². The fourth-order valence-corrected chi connectivity index (χ4v) is 3.24. The van der Waals surface area contributed by atoms with Crippen LogP contribution in [0.1, 0.15) is 21.8 Å². The van der Waals surface area contributed by atoms with Crippen molar-refractivity contribution in [1.29, 1.82) is 0 Å². The molecule has 1 aromatic carbocycles. The topological polar surface area (TPSA) is 103 Å². The molecule has 9 nitrogen and oxygen atoms in total. The van der Waals surface area contributed by atoms with Crippen molar-refractivity contribution < 1.29 is 28.3 Å². The van der Waals surface area contributed by atoms with Gasteiger partial charge in [0.1, 0.15) is 30.4 Å². The predicted octanol–water partition coefficient (Wildman–Crippen LogP) is 1.76. The van der Waals surface area contributed by atoms with Crippen LogP contribution in [0, 0.1) is 5.82 Å². The summed E-state index contributed by atoms with van der Waals surface area (Å²) >= 11 is 0. The molecule has 0 unspecified atom stereocenters. The quantitative estimate of drug-likeness (QED) is 0.653. The first kappa shape index (κ1) is 20.0. The zero-order chi connectivity index (χ0) is 21.1. The second kappa shape index (κ2) is 8.64. The average molecular weight is 416 g/mol. The number of aliphatic hydroxyl groups excluding tert-OH is 1. The van der Waals surface area contributed by atoms with E-state index in [9.17, 15) is 14.3 Å². The van der Waals surface area contributed by atoms with Gasteiger partial charge in [-0.15, -0.1) is 5.10 Å². The highest BCUT2D eigenvalue weighted by Gasteiger charge is 2.23. The molecule has 1 aliphatic rings. The number of aliphatic hydroxyl groups is 1. The fraction of sp³-hybridized carbons (Fsp3) is 0.350. The second-order valence-corrected chi connectivity index (χ2v) is 6.78. The Labute approximate surface area is 171 Å². The van der Waals surface area contributed by atoms with Crippen molar-refractivity contribution in [3.63, 3.8) is 0 Å². The number of carbonyl (C=O) groups is 1. The molecule has 1 N–H and O–H groups in total. The van der Waals surface area contributed by atoms with Crippen LogP contribution in [0.15, 0.2) is 34.9 Å². The van der Waals surface area contributed by atoms with E-state index in [2.05, 4.69) is 10.3 Å². The molecule has 0 bridgehead atoms. The van der Waals surface area contributed by atoms with Crippen molar-refractivity contribution in [3.8, 4) is 17.1 Å². The molecule has 2 aromatic heterocycles. The van der Waals surface area contributed by atoms with Crippen LogP contribution in [0.5, 0.6) is 5.88 Å². The summed E-state index contributed by atoms with van der Waals surface area (Å²) in [6, 6.07) is 7.34. The van der Waals surface area contributed by atoms with Gasteiger partial charge in [-0.1, -0.05) is 5.16 Å². The highest BCUT2D eigenvalue weighted by molar-refractivity contribution is 5.93. The number of hydrogen-bond donors (Lipinski definition) is 1. The molecule has 3 aromatic rings. The van der Waals surface area contributed by atoms with Crippen molar-refractivity contribution in [2.45, 2.75) is 13.2 Å². The van der Waals surface area contributed by atoms with E-state index in [1.165, 1.54) is 16.8 Å². The van der Waals surface area contributed by atoms with Gasteiger partial charge in [-0.25, -0.2) is 4.39 Å². The highest BCUT2D eigenvalue weighted by Crippen LogP contribution is 2.27. The SMILES string of the molecule is Cn1nc(OCc2c(-c3ccc(F)cc3)noc2CO)cc1C(=O)N1CCOCC1. The molecule has 0 radical (unpaired) electrons. The number of nitrogens with zero attached hydrogens (tertiary/aromatic N) is 4. The van der Waals surface area contributed by atoms with Crippen LogP contribution in [0.3, 0.4) is 0 Å². The van der Waals surface area contributed by atoms with Gasteiger partial charge in [-0.2, -0.15) is 0 Å². The Hall–Kier alpha value is -3.24. The minimum atomic E-state index is -0.367. The molecule has 1 saturated heterocycles. The number of amides is 1. The van der Waals surface area contributed by atoms with Crippen LogP contribution in [-0.2, 0) is 25.0 Å². The monoisotopic (exact) mass is 416 g/mol. The van der Waals surface area contributed by atoms with Crippen LogP contribution in [-0.4, -0.2) is 57.2 Å². The maximum absolute atomic E-state index is 13.2. The lowest BCUT2D eigenvalue weighted by molar-refractivity contribution is 0.0295. The Bertz CT molecular complexity index is 1020. The summed E-state index contributed by atoms with van der Waals surface area (Å²) in [6.07, 6.45) is 0. The largest absolute Gasteiger partial charge is 0.471 e. The van der Waals surface area contributed by atoms with Crippen molar-refractivity contribution >= 4 is 5.91 Å². The summed E-state index contributed by atoms with van der Waals surface area (Å²) < 4.78 is 30.9. The number of morpholine rings is 1. The smallest absolute Gasteiger partial charge is 0.272 e. The summed E-state index contributed by atoms with van der Waals surface area (Å²) in [4.78, 5) is 14.4. The number of rotatable bonds is 6. The third kappa shape index (κ3) is 4.05. The number of hydrogen-bond acceptors (Lipinski definition) is 7. The molecule has 1 aliphatic heterocycles. The summed E-state index contributed by atoms with van der Waals surface area (Å²) in [5.74, 6) is -0.0105. The maximum atomic E-state index is 13.2. The van der Waals surface area contributed by atoms with E-state index in [1.807, 2.05) is 0 Å². The summed E-state index contributed by atoms with van der Waals surface area (Å²) in [7, 11) is 1.67. The zero-order valence-electron chi connectivity index (χ0n) is 16.4. The molecular weight excluding hydrogens is 395 g/mol. The van der Waals surface area contributed by atoms with E-state index in [0.717, 1.165) is 0 Å². The molecule has 0 aliphatic carbocycles. The number of benzene rings is 1. The van der Waals surface area contributed by atoms with E-state index in [1.54, 1.807) is 30.1 Å². The number of halogens is 1. The lowest BCUT2D eigenvalue weighted by Gasteiger charge is -2.26. The van der Waals surface area contributed by atoms with Crippen LogP contribution in [0.2, 0.25) is 0 Å². The Morgan fingerprint density at radius 2 is 2.00 bits per heavy atom. The molecule has 0 saturated carbocycles. The van der Waals surface area contributed by atoms with Crippen molar-refractivity contribution in [1.82, 2.24) is 19.8 Å². The van der Waals surface area contributed by atoms with Crippen LogP contribution in [0.25, 0.3) is 11.3 Å². The maximum Gasteiger partial charge on any atom is 0.272 e. The van der Waals surface area contributed by atoms with Crippen molar-refractivity contribution in [3.05, 3.63) is 53.2 Å². The standard InChI is InChI=1S/C20H21FN4O5/c1-24-16(20(27)25-6-8-28-9-7-25)10-18(22-24)29-12-15-17(11-26)30-23-19(15)13-2-4-14(21)5-3-13/h2-5,10,26H,6-9,11-12H2,1H3. The average Bonchev–Trinajstić information content (AvgIpc) is 3.35. The minimum absolute atomic E-state index is 0.00824. The zero-order valence-corrected chi connectivity index (χ0v) is 16.4. The molecule has 1 fully saturated rings. The summed E-state index contributed by atoms with van der Waals surface area (Å²) in [6.45, 7) is 1.72. The normalized spacial score (nSPS) is 14.2. The van der Waals surface area contributed by atoms with Gasteiger partial charge < -0.3 is 24.0 Å². The van der Waals surface area contributed by atoms with Gasteiger partial charge in [0.05, 0.1) is 18.8 Å². The molecule has 30 heavy (non-hydrogen) atoms. The summed E-state index contributed by atoms with van der Waals surface area (Å²) in [5, 5.41) is 17.8. The first-order chi connectivity index (χ1) is 14.6. The van der Waals surface area contributed by atoms with Gasteiger partial charge in [-0.3, -0.25) is 9.48 Å². The van der Waals surface area contributed by atoms with E-state index in [-0.39, 0.29) is 36.6 Å². The molecule has 158 valence electrons. The lowest BCUT2D eigenvalue weighted by Crippen LogP contribution is -2.41. The van der Waals surface area contributed by atoms with Gasteiger partial charge in [0, 0.05) is 31.8 Å². The molecule has 1 amide bonds. The molecule has 0 spiro atoms. The highest BCUT2D eigenvalue weighted by atomic mass is 19.1. The van der Waals surface area contributed by atoms with E-state index in [4.69, 9.17) is 14.0 Å². The van der Waals surface area contributed by atoms with Gasteiger partial charge >= 0.3 is 0 Å². The number of carbonyl (C=O) groups excluding carboxylic acids is 1. The first-order valence-electron chi connectivity index (χ1n) is 9.45. The lowest BCUT2D eigenvalue weighted by atomic mass is 10.1.